The summed E-state index contributed by atoms with van der Waals surface area (Å²) >= 11 is 0. The van der Waals surface area contributed by atoms with Gasteiger partial charge in [0.1, 0.15) is 5.82 Å². The van der Waals surface area contributed by atoms with Crippen LogP contribution in [0.2, 0.25) is 0 Å². The second-order valence-corrected chi connectivity index (χ2v) is 4.52. The van der Waals surface area contributed by atoms with E-state index in [2.05, 4.69) is 35.1 Å². The molecule has 0 radical (unpaired) electrons. The maximum Gasteiger partial charge on any atom is 0.126 e. The van der Waals surface area contributed by atoms with Gasteiger partial charge in [-0.15, -0.1) is 12.4 Å². The van der Waals surface area contributed by atoms with Gasteiger partial charge in [0.25, 0.3) is 0 Å². The number of hydrogen-bond acceptors (Lipinski definition) is 2. The van der Waals surface area contributed by atoms with Crippen molar-refractivity contribution in [3.63, 3.8) is 0 Å². The zero-order valence-corrected chi connectivity index (χ0v) is 10.8. The molecule has 1 aliphatic heterocycles. The highest BCUT2D eigenvalue weighted by Crippen LogP contribution is 2.25. The molecule has 1 fully saturated rings. The lowest BCUT2D eigenvalue weighted by Crippen LogP contribution is -2.28. The first-order valence-corrected chi connectivity index (χ1v) is 6.01. The van der Waals surface area contributed by atoms with Crippen LogP contribution in [0.1, 0.15) is 31.1 Å². The number of benzene rings is 1. The third-order valence-corrected chi connectivity index (χ3v) is 3.44. The van der Waals surface area contributed by atoms with E-state index in [-0.39, 0.29) is 12.4 Å². The van der Waals surface area contributed by atoms with Gasteiger partial charge in [-0.3, -0.25) is 0 Å². The number of para-hydroxylation sites is 2. The van der Waals surface area contributed by atoms with Crippen LogP contribution in [-0.4, -0.2) is 16.1 Å². The molecule has 1 atom stereocenters. The van der Waals surface area contributed by atoms with Gasteiger partial charge < -0.3 is 9.88 Å². The van der Waals surface area contributed by atoms with E-state index < -0.39 is 0 Å². The molecule has 0 amide bonds. The quantitative estimate of drug-likeness (QED) is 0.845. The van der Waals surface area contributed by atoms with Crippen molar-refractivity contribution < 1.29 is 0 Å². The fourth-order valence-electron chi connectivity index (χ4n) is 2.55. The molecular weight excluding hydrogens is 234 g/mol. The zero-order chi connectivity index (χ0) is 11.0. The fraction of sp³-hybridized carbons (Fsp3) is 0.462. The van der Waals surface area contributed by atoms with Crippen molar-refractivity contribution in [1.29, 1.82) is 0 Å². The molecule has 3 nitrogen and oxygen atoms in total. The van der Waals surface area contributed by atoms with Crippen LogP contribution in [0.15, 0.2) is 24.3 Å². The second-order valence-electron chi connectivity index (χ2n) is 4.52. The number of imidazole rings is 1. The summed E-state index contributed by atoms with van der Waals surface area (Å²) in [6.45, 7) is 1.12. The number of rotatable bonds is 1. The van der Waals surface area contributed by atoms with Gasteiger partial charge in [-0.05, 0) is 31.5 Å². The van der Waals surface area contributed by atoms with Crippen LogP contribution >= 0.6 is 12.4 Å². The number of aromatic nitrogens is 2. The van der Waals surface area contributed by atoms with Crippen LogP contribution in [-0.2, 0) is 7.05 Å². The molecule has 0 bridgehead atoms. The maximum atomic E-state index is 4.74. The Bertz CT molecular complexity index is 500. The van der Waals surface area contributed by atoms with E-state index in [9.17, 15) is 0 Å². The number of halogens is 1. The van der Waals surface area contributed by atoms with Gasteiger partial charge in [0.15, 0.2) is 0 Å². The normalized spacial score (nSPS) is 20.2. The standard InChI is InChI=1S/C13H17N3.ClH/c1-16-12-8-3-2-6-10(12)15-13(16)11-7-4-5-9-14-11;/h2-3,6,8,11,14H,4-5,7,9H2,1H3;1H. The summed E-state index contributed by atoms with van der Waals surface area (Å²) in [6, 6.07) is 8.78. The molecule has 3 rings (SSSR count). The van der Waals surface area contributed by atoms with Crippen LogP contribution < -0.4 is 5.32 Å². The Labute approximate surface area is 108 Å². The lowest BCUT2D eigenvalue weighted by atomic mass is 10.0. The Morgan fingerprint density at radius 3 is 2.82 bits per heavy atom. The first kappa shape index (κ1) is 12.4. The molecule has 0 aliphatic carbocycles. The minimum Gasteiger partial charge on any atom is -0.330 e. The largest absolute Gasteiger partial charge is 0.330 e. The summed E-state index contributed by atoms with van der Waals surface area (Å²) in [7, 11) is 2.11. The van der Waals surface area contributed by atoms with E-state index in [1.165, 1.54) is 30.6 Å². The Morgan fingerprint density at radius 2 is 2.12 bits per heavy atom. The Hall–Kier alpha value is -1.06. The van der Waals surface area contributed by atoms with Crippen LogP contribution in [0.5, 0.6) is 0 Å². The summed E-state index contributed by atoms with van der Waals surface area (Å²) in [4.78, 5) is 4.74. The number of aryl methyl sites for hydroxylation is 1. The zero-order valence-electron chi connectivity index (χ0n) is 10.0. The predicted octanol–water partition coefficient (Wildman–Crippen LogP) is 2.81. The third kappa shape index (κ3) is 2.17. The molecule has 1 aromatic heterocycles. The molecule has 1 aliphatic rings. The number of nitrogens with zero attached hydrogens (tertiary/aromatic N) is 2. The maximum absolute atomic E-state index is 4.74. The molecule has 2 heterocycles. The minimum atomic E-state index is 0. The lowest BCUT2D eigenvalue weighted by molar-refractivity contribution is 0.392. The van der Waals surface area contributed by atoms with Gasteiger partial charge in [-0.1, -0.05) is 18.6 Å². The van der Waals surface area contributed by atoms with Crippen LogP contribution in [0, 0.1) is 0 Å². The molecule has 4 heteroatoms. The van der Waals surface area contributed by atoms with E-state index in [1.807, 2.05) is 6.07 Å². The summed E-state index contributed by atoms with van der Waals surface area (Å²) in [6.07, 6.45) is 3.80. The minimum absolute atomic E-state index is 0. The van der Waals surface area contributed by atoms with Gasteiger partial charge in [0.2, 0.25) is 0 Å². The van der Waals surface area contributed by atoms with Gasteiger partial charge in [0.05, 0.1) is 17.1 Å². The molecule has 92 valence electrons. The molecule has 1 saturated heterocycles. The van der Waals surface area contributed by atoms with Gasteiger partial charge in [0, 0.05) is 7.05 Å². The Balaban J connectivity index is 0.00000108. The predicted molar refractivity (Wildman–Crippen MR) is 72.6 cm³/mol. The molecular formula is C13H18ClN3. The number of nitrogens with one attached hydrogen (secondary N) is 1. The average molecular weight is 252 g/mol. The van der Waals surface area contributed by atoms with E-state index in [4.69, 9.17) is 4.98 Å². The van der Waals surface area contributed by atoms with Gasteiger partial charge in [-0.2, -0.15) is 0 Å². The van der Waals surface area contributed by atoms with E-state index >= 15 is 0 Å². The number of fused-ring (bicyclic) bond motifs is 1. The molecule has 17 heavy (non-hydrogen) atoms. The molecule has 0 saturated carbocycles. The van der Waals surface area contributed by atoms with Crippen molar-refractivity contribution in [3.05, 3.63) is 30.1 Å². The molecule has 0 spiro atoms. The van der Waals surface area contributed by atoms with Crippen molar-refractivity contribution in [2.75, 3.05) is 6.54 Å². The smallest absolute Gasteiger partial charge is 0.126 e. The van der Waals surface area contributed by atoms with Crippen LogP contribution in [0.25, 0.3) is 11.0 Å². The van der Waals surface area contributed by atoms with Crippen LogP contribution in [0.3, 0.4) is 0 Å². The fourth-order valence-corrected chi connectivity index (χ4v) is 2.55. The summed E-state index contributed by atoms with van der Waals surface area (Å²) in [5.74, 6) is 1.18. The van der Waals surface area contributed by atoms with E-state index in [0.29, 0.717) is 6.04 Å². The highest BCUT2D eigenvalue weighted by Gasteiger charge is 2.20. The highest BCUT2D eigenvalue weighted by molar-refractivity contribution is 5.85. The molecule has 1 aromatic carbocycles. The van der Waals surface area contributed by atoms with Crippen molar-refractivity contribution in [1.82, 2.24) is 14.9 Å². The first-order chi connectivity index (χ1) is 7.86. The van der Waals surface area contributed by atoms with Crippen molar-refractivity contribution in [2.45, 2.75) is 25.3 Å². The first-order valence-electron chi connectivity index (χ1n) is 6.01. The van der Waals surface area contributed by atoms with Gasteiger partial charge in [-0.25, -0.2) is 4.98 Å². The molecule has 1 N–H and O–H groups in total. The van der Waals surface area contributed by atoms with Gasteiger partial charge >= 0.3 is 0 Å². The third-order valence-electron chi connectivity index (χ3n) is 3.44. The number of hydrogen-bond donors (Lipinski definition) is 1. The number of piperidine rings is 1. The summed E-state index contributed by atoms with van der Waals surface area (Å²) < 4.78 is 2.22. The second kappa shape index (κ2) is 5.07. The molecule has 2 aromatic rings. The lowest BCUT2D eigenvalue weighted by Gasteiger charge is -2.22. The SMILES string of the molecule is Cl.Cn1c(C2CCCCN2)nc2ccccc21. The average Bonchev–Trinajstić information content (AvgIpc) is 2.69. The summed E-state index contributed by atoms with van der Waals surface area (Å²) in [5, 5.41) is 3.55. The van der Waals surface area contributed by atoms with Crippen molar-refractivity contribution in [3.8, 4) is 0 Å². The van der Waals surface area contributed by atoms with E-state index in [1.54, 1.807) is 0 Å². The van der Waals surface area contributed by atoms with E-state index in [0.717, 1.165) is 12.1 Å². The van der Waals surface area contributed by atoms with Crippen molar-refractivity contribution >= 4 is 23.4 Å². The topological polar surface area (TPSA) is 29.9 Å². The Kier molecular flexibility index (Phi) is 3.69. The molecule has 1 unspecified atom stereocenters. The summed E-state index contributed by atoms with van der Waals surface area (Å²) in [5.41, 5.74) is 2.33. The Morgan fingerprint density at radius 1 is 1.29 bits per heavy atom. The van der Waals surface area contributed by atoms with Crippen molar-refractivity contribution in [2.24, 2.45) is 7.05 Å². The monoisotopic (exact) mass is 251 g/mol. The van der Waals surface area contributed by atoms with Crippen LogP contribution in [0.4, 0.5) is 0 Å². The highest BCUT2D eigenvalue weighted by atomic mass is 35.5.